The monoisotopic (exact) mass is 343 g/mol. The molecule has 0 saturated heterocycles. The van der Waals surface area contributed by atoms with Crippen molar-refractivity contribution in [2.75, 3.05) is 0 Å². The van der Waals surface area contributed by atoms with Crippen LogP contribution in [0, 0.1) is 0 Å². The van der Waals surface area contributed by atoms with Crippen molar-refractivity contribution in [2.24, 2.45) is 0 Å². The van der Waals surface area contributed by atoms with Crippen LogP contribution in [-0.2, 0) is 17.5 Å². The van der Waals surface area contributed by atoms with Gasteiger partial charge in [0.2, 0.25) is 5.91 Å². The molecular formula is C17H24F3N3O. The number of hydrogen-bond acceptors (Lipinski definition) is 2. The van der Waals surface area contributed by atoms with E-state index in [4.69, 9.17) is 0 Å². The van der Waals surface area contributed by atoms with Crippen LogP contribution in [0.2, 0.25) is 0 Å². The Labute approximate surface area is 139 Å². The molecule has 4 nitrogen and oxygen atoms in total. The van der Waals surface area contributed by atoms with Crippen molar-refractivity contribution < 1.29 is 18.0 Å². The number of hydrogen-bond donors (Lipinski definition) is 1. The normalized spacial score (nSPS) is 20.5. The number of amides is 1. The van der Waals surface area contributed by atoms with Gasteiger partial charge in [-0.2, -0.15) is 18.3 Å². The van der Waals surface area contributed by atoms with Gasteiger partial charge in [-0.3, -0.25) is 9.48 Å². The molecule has 7 heteroatoms. The number of nitrogens with one attached hydrogen (secondary N) is 1. The molecule has 2 aliphatic rings. The average Bonchev–Trinajstić information content (AvgIpc) is 3.22. The van der Waals surface area contributed by atoms with Crippen LogP contribution in [0.5, 0.6) is 0 Å². The lowest BCUT2D eigenvalue weighted by Gasteiger charge is -2.21. The minimum Gasteiger partial charge on any atom is -0.352 e. The predicted molar refractivity (Wildman–Crippen MR) is 83.5 cm³/mol. The lowest BCUT2D eigenvalue weighted by Crippen LogP contribution is -2.37. The maximum atomic E-state index is 12.9. The van der Waals surface area contributed by atoms with E-state index >= 15 is 0 Å². The molecule has 1 N–H and O–H groups in total. The molecule has 2 aliphatic carbocycles. The van der Waals surface area contributed by atoms with Gasteiger partial charge in [0.1, 0.15) is 6.54 Å². The van der Waals surface area contributed by atoms with Crippen LogP contribution in [0.25, 0.3) is 0 Å². The average molecular weight is 343 g/mol. The van der Waals surface area contributed by atoms with E-state index in [0.29, 0.717) is 5.69 Å². The molecule has 0 aromatic carbocycles. The summed E-state index contributed by atoms with van der Waals surface area (Å²) >= 11 is 0. The number of halogens is 3. The van der Waals surface area contributed by atoms with Crippen molar-refractivity contribution in [1.82, 2.24) is 15.1 Å². The molecule has 134 valence electrons. The van der Waals surface area contributed by atoms with E-state index in [1.165, 1.54) is 23.9 Å². The van der Waals surface area contributed by atoms with Gasteiger partial charge in [-0.1, -0.05) is 32.1 Å². The Bertz CT molecular complexity index is 570. The number of alkyl halides is 3. The summed E-state index contributed by atoms with van der Waals surface area (Å²) < 4.78 is 39.9. The molecule has 1 amide bonds. The highest BCUT2D eigenvalue weighted by molar-refractivity contribution is 5.76. The first-order chi connectivity index (χ1) is 11.4. The summed E-state index contributed by atoms with van der Waals surface area (Å²) in [4.78, 5) is 12.3. The molecule has 1 aromatic rings. The van der Waals surface area contributed by atoms with Gasteiger partial charge in [-0.05, 0) is 31.7 Å². The minimum atomic E-state index is -4.47. The van der Waals surface area contributed by atoms with Crippen LogP contribution in [0.1, 0.15) is 75.1 Å². The van der Waals surface area contributed by atoms with E-state index < -0.39 is 11.9 Å². The fraction of sp³-hybridized carbons (Fsp3) is 0.765. The largest absolute Gasteiger partial charge is 0.435 e. The number of nitrogens with zero attached hydrogens (tertiary/aromatic N) is 2. The van der Waals surface area contributed by atoms with Crippen LogP contribution >= 0.6 is 0 Å². The molecular weight excluding hydrogens is 319 g/mol. The SMILES string of the molecule is O=C(Cn1nc(C(F)(F)F)cc1C1CC1)NC1CCCCCCC1. The molecule has 3 rings (SSSR count). The fourth-order valence-electron chi connectivity index (χ4n) is 3.41. The van der Waals surface area contributed by atoms with Crippen LogP contribution in [-0.4, -0.2) is 21.7 Å². The summed E-state index contributed by atoms with van der Waals surface area (Å²) in [5.41, 5.74) is -0.363. The first-order valence-corrected chi connectivity index (χ1v) is 8.88. The van der Waals surface area contributed by atoms with Crippen LogP contribution in [0.3, 0.4) is 0 Å². The highest BCUT2D eigenvalue weighted by atomic mass is 19.4. The summed E-state index contributed by atoms with van der Waals surface area (Å²) in [5, 5.41) is 6.63. The number of aromatic nitrogens is 2. The zero-order valence-electron chi connectivity index (χ0n) is 13.7. The molecule has 0 radical (unpaired) electrons. The first-order valence-electron chi connectivity index (χ1n) is 8.88. The van der Waals surface area contributed by atoms with Crippen LogP contribution < -0.4 is 5.32 Å². The molecule has 2 saturated carbocycles. The van der Waals surface area contributed by atoms with E-state index in [-0.39, 0.29) is 24.4 Å². The molecule has 0 spiro atoms. The predicted octanol–water partition coefficient (Wildman–Crippen LogP) is 4.01. The van der Waals surface area contributed by atoms with Crippen LogP contribution in [0.15, 0.2) is 6.07 Å². The van der Waals surface area contributed by atoms with E-state index in [0.717, 1.165) is 44.6 Å². The molecule has 0 bridgehead atoms. The lowest BCUT2D eigenvalue weighted by atomic mass is 9.97. The smallest absolute Gasteiger partial charge is 0.352 e. The molecule has 2 fully saturated rings. The summed E-state index contributed by atoms with van der Waals surface area (Å²) in [7, 11) is 0. The van der Waals surface area contributed by atoms with E-state index in [2.05, 4.69) is 10.4 Å². The second-order valence-corrected chi connectivity index (χ2v) is 6.99. The lowest BCUT2D eigenvalue weighted by molar-refractivity contribution is -0.141. The van der Waals surface area contributed by atoms with Gasteiger partial charge in [0, 0.05) is 17.7 Å². The van der Waals surface area contributed by atoms with Gasteiger partial charge in [-0.15, -0.1) is 0 Å². The molecule has 0 unspecified atom stereocenters. The van der Waals surface area contributed by atoms with Gasteiger partial charge >= 0.3 is 6.18 Å². The third kappa shape index (κ3) is 4.51. The van der Waals surface area contributed by atoms with Crippen molar-refractivity contribution in [2.45, 2.75) is 82.5 Å². The Morgan fingerprint density at radius 2 is 1.75 bits per heavy atom. The first kappa shape index (κ1) is 17.3. The van der Waals surface area contributed by atoms with Crippen molar-refractivity contribution >= 4 is 5.91 Å². The highest BCUT2D eigenvalue weighted by Crippen LogP contribution is 2.42. The Morgan fingerprint density at radius 3 is 2.33 bits per heavy atom. The zero-order chi connectivity index (χ0) is 17.2. The zero-order valence-corrected chi connectivity index (χ0v) is 13.7. The number of carbonyl (C=O) groups is 1. The fourth-order valence-corrected chi connectivity index (χ4v) is 3.41. The summed E-state index contributed by atoms with van der Waals surface area (Å²) in [5.74, 6) is -0.123. The Hall–Kier alpha value is -1.53. The van der Waals surface area contributed by atoms with Crippen molar-refractivity contribution in [3.8, 4) is 0 Å². The second kappa shape index (κ2) is 7.15. The third-order valence-electron chi connectivity index (χ3n) is 4.86. The van der Waals surface area contributed by atoms with Gasteiger partial charge < -0.3 is 5.32 Å². The maximum absolute atomic E-state index is 12.9. The second-order valence-electron chi connectivity index (χ2n) is 6.99. The van der Waals surface area contributed by atoms with Crippen molar-refractivity contribution in [3.05, 3.63) is 17.5 Å². The number of carbonyl (C=O) groups excluding carboxylic acids is 1. The summed E-state index contributed by atoms with van der Waals surface area (Å²) in [6, 6.07) is 1.24. The van der Waals surface area contributed by atoms with Crippen molar-refractivity contribution in [1.29, 1.82) is 0 Å². The third-order valence-corrected chi connectivity index (χ3v) is 4.86. The van der Waals surface area contributed by atoms with Gasteiger partial charge in [0.25, 0.3) is 0 Å². The molecule has 24 heavy (non-hydrogen) atoms. The highest BCUT2D eigenvalue weighted by Gasteiger charge is 2.38. The topological polar surface area (TPSA) is 46.9 Å². The van der Waals surface area contributed by atoms with Crippen molar-refractivity contribution in [3.63, 3.8) is 0 Å². The summed E-state index contributed by atoms with van der Waals surface area (Å²) in [6.07, 6.45) is 4.99. The minimum absolute atomic E-state index is 0.114. The van der Waals surface area contributed by atoms with Gasteiger partial charge in [-0.25, -0.2) is 0 Å². The molecule has 1 aromatic heterocycles. The summed E-state index contributed by atoms with van der Waals surface area (Å²) in [6.45, 7) is -0.127. The van der Waals surface area contributed by atoms with Crippen LogP contribution in [0.4, 0.5) is 13.2 Å². The van der Waals surface area contributed by atoms with E-state index in [1.807, 2.05) is 0 Å². The van der Waals surface area contributed by atoms with E-state index in [1.54, 1.807) is 0 Å². The molecule has 0 aliphatic heterocycles. The van der Waals surface area contributed by atoms with E-state index in [9.17, 15) is 18.0 Å². The molecule has 0 atom stereocenters. The van der Waals surface area contributed by atoms with Gasteiger partial charge in [0.05, 0.1) is 0 Å². The van der Waals surface area contributed by atoms with Gasteiger partial charge in [0.15, 0.2) is 5.69 Å². The Morgan fingerprint density at radius 1 is 1.12 bits per heavy atom. The number of rotatable bonds is 4. The standard InChI is InChI=1S/C17H24F3N3O/c18-17(19,20)15-10-14(12-8-9-12)23(22-15)11-16(24)21-13-6-4-2-1-3-5-7-13/h10,12-13H,1-9,11H2,(H,21,24). The maximum Gasteiger partial charge on any atom is 0.435 e. The Kier molecular flexibility index (Phi) is 5.15. The Balaban J connectivity index is 1.64. The molecule has 1 heterocycles. The quantitative estimate of drug-likeness (QED) is 0.898.